The van der Waals surface area contributed by atoms with Crippen molar-refractivity contribution >= 4 is 55.1 Å². The lowest BCUT2D eigenvalue weighted by molar-refractivity contribution is 0.102. The molecule has 2 aromatic carbocycles. The summed E-state index contributed by atoms with van der Waals surface area (Å²) >= 11 is 12.2. The highest BCUT2D eigenvalue weighted by atomic mass is 79.9. The molecule has 0 unspecified atom stereocenters. The van der Waals surface area contributed by atoms with Crippen molar-refractivity contribution in [2.24, 2.45) is 0 Å². The van der Waals surface area contributed by atoms with E-state index in [9.17, 15) is 14.3 Å². The van der Waals surface area contributed by atoms with Crippen LogP contribution in [0.15, 0.2) is 39.3 Å². The summed E-state index contributed by atoms with van der Waals surface area (Å²) < 4.78 is 14.1. The first-order valence-electron chi connectivity index (χ1n) is 5.33. The lowest BCUT2D eigenvalue weighted by Gasteiger charge is -2.10. The molecule has 0 aliphatic carbocycles. The summed E-state index contributed by atoms with van der Waals surface area (Å²) in [7, 11) is 0. The molecule has 0 aliphatic heterocycles. The molecule has 2 N–H and O–H groups in total. The van der Waals surface area contributed by atoms with Crippen LogP contribution in [0, 0.1) is 5.82 Å². The zero-order valence-corrected chi connectivity index (χ0v) is 13.7. The number of hydrogen-bond acceptors (Lipinski definition) is 2. The number of benzene rings is 2. The molecule has 0 radical (unpaired) electrons. The predicted octanol–water partition coefficient (Wildman–Crippen LogP) is 4.96. The number of hydrogen-bond donors (Lipinski definition) is 2. The highest BCUT2D eigenvalue weighted by Crippen LogP contribution is 2.32. The average molecular weight is 423 g/mol. The number of aromatic hydroxyl groups is 1. The van der Waals surface area contributed by atoms with E-state index < -0.39 is 11.7 Å². The Bertz CT molecular complexity index is 671. The highest BCUT2D eigenvalue weighted by Gasteiger charge is 2.15. The van der Waals surface area contributed by atoms with E-state index in [0.29, 0.717) is 8.95 Å². The number of rotatable bonds is 2. The molecule has 0 aromatic heterocycles. The molecule has 0 heterocycles. The first-order valence-corrected chi connectivity index (χ1v) is 7.29. The first kappa shape index (κ1) is 15.3. The van der Waals surface area contributed by atoms with Crippen molar-refractivity contribution in [2.75, 3.05) is 5.32 Å². The van der Waals surface area contributed by atoms with Gasteiger partial charge in [0.2, 0.25) is 0 Å². The lowest BCUT2D eigenvalue weighted by atomic mass is 10.2. The van der Waals surface area contributed by atoms with Crippen molar-refractivity contribution in [1.82, 2.24) is 0 Å². The normalized spacial score (nSPS) is 10.4. The van der Waals surface area contributed by atoms with Gasteiger partial charge in [0.25, 0.3) is 5.91 Å². The van der Waals surface area contributed by atoms with Gasteiger partial charge in [-0.3, -0.25) is 4.79 Å². The average Bonchev–Trinajstić information content (AvgIpc) is 2.33. The molecular weight excluding hydrogens is 416 g/mol. The number of phenols is 1. The monoisotopic (exact) mass is 421 g/mol. The summed E-state index contributed by atoms with van der Waals surface area (Å²) in [4.78, 5) is 12.1. The van der Waals surface area contributed by atoms with Gasteiger partial charge in [-0.25, -0.2) is 4.39 Å². The zero-order valence-electron chi connectivity index (χ0n) is 9.75. The van der Waals surface area contributed by atoms with E-state index in [1.807, 2.05) is 0 Å². The summed E-state index contributed by atoms with van der Waals surface area (Å²) in [6.45, 7) is 0. The van der Waals surface area contributed by atoms with Crippen LogP contribution in [0.5, 0.6) is 5.75 Å². The summed E-state index contributed by atoms with van der Waals surface area (Å²) in [5.74, 6) is -1.25. The zero-order chi connectivity index (χ0) is 14.9. The Morgan fingerprint density at radius 1 is 1.25 bits per heavy atom. The fourth-order valence-corrected chi connectivity index (χ4v) is 2.79. The maximum atomic E-state index is 13.1. The van der Waals surface area contributed by atoms with Gasteiger partial charge in [0, 0.05) is 8.95 Å². The summed E-state index contributed by atoms with van der Waals surface area (Å²) in [6, 6.07) is 6.75. The van der Waals surface area contributed by atoms with Gasteiger partial charge in [0.05, 0.1) is 16.3 Å². The third kappa shape index (κ3) is 3.31. The van der Waals surface area contributed by atoms with Crippen molar-refractivity contribution in [2.45, 2.75) is 0 Å². The van der Waals surface area contributed by atoms with Crippen LogP contribution in [-0.2, 0) is 0 Å². The number of carbonyl (C=O) groups excluding carboxylic acids is 1. The highest BCUT2D eigenvalue weighted by molar-refractivity contribution is 9.10. The number of anilines is 1. The molecule has 0 atom stereocenters. The largest absolute Gasteiger partial charge is 0.507 e. The minimum Gasteiger partial charge on any atom is -0.507 e. The Morgan fingerprint density at radius 2 is 1.95 bits per heavy atom. The van der Waals surface area contributed by atoms with Gasteiger partial charge in [-0.05, 0) is 46.3 Å². The second-order valence-electron chi connectivity index (χ2n) is 3.86. The summed E-state index contributed by atoms with van der Waals surface area (Å²) in [6.07, 6.45) is 0. The fourth-order valence-electron chi connectivity index (χ4n) is 1.54. The van der Waals surface area contributed by atoms with Crippen molar-refractivity contribution < 1.29 is 14.3 Å². The van der Waals surface area contributed by atoms with Crippen molar-refractivity contribution in [1.29, 1.82) is 0 Å². The van der Waals surface area contributed by atoms with E-state index in [-0.39, 0.29) is 22.0 Å². The van der Waals surface area contributed by atoms with Crippen molar-refractivity contribution in [3.8, 4) is 5.75 Å². The molecule has 0 saturated carbocycles. The van der Waals surface area contributed by atoms with Gasteiger partial charge in [0.1, 0.15) is 11.6 Å². The van der Waals surface area contributed by atoms with Crippen LogP contribution in [0.1, 0.15) is 10.4 Å². The predicted molar refractivity (Wildman–Crippen MR) is 82.9 cm³/mol. The maximum absolute atomic E-state index is 13.1. The van der Waals surface area contributed by atoms with Crippen molar-refractivity contribution in [3.05, 3.63) is 55.7 Å². The molecule has 104 valence electrons. The molecule has 1 amide bonds. The smallest absolute Gasteiger partial charge is 0.259 e. The Hall–Kier alpha value is -1.11. The summed E-state index contributed by atoms with van der Waals surface area (Å²) in [5.41, 5.74) is 0.320. The lowest BCUT2D eigenvalue weighted by Crippen LogP contribution is -2.13. The third-order valence-electron chi connectivity index (χ3n) is 2.45. The van der Waals surface area contributed by atoms with Gasteiger partial charge in [-0.1, -0.05) is 27.5 Å². The van der Waals surface area contributed by atoms with Crippen LogP contribution in [0.4, 0.5) is 10.1 Å². The number of phenolic OH excluding ortho intramolecular Hbond substituents is 1. The number of amides is 1. The Morgan fingerprint density at radius 3 is 2.55 bits per heavy atom. The van der Waals surface area contributed by atoms with Crippen LogP contribution < -0.4 is 5.32 Å². The molecule has 0 fully saturated rings. The molecule has 0 bridgehead atoms. The van der Waals surface area contributed by atoms with Gasteiger partial charge in [-0.15, -0.1) is 0 Å². The van der Waals surface area contributed by atoms with E-state index in [0.717, 1.165) is 6.07 Å². The Kier molecular flexibility index (Phi) is 4.67. The quantitative estimate of drug-likeness (QED) is 0.717. The molecule has 0 aliphatic rings. The maximum Gasteiger partial charge on any atom is 0.259 e. The number of carbonyl (C=O) groups is 1. The van der Waals surface area contributed by atoms with E-state index >= 15 is 0 Å². The Labute approximate surface area is 136 Å². The third-order valence-corrected chi connectivity index (χ3v) is 3.87. The van der Waals surface area contributed by atoms with Crippen molar-refractivity contribution in [3.63, 3.8) is 0 Å². The second kappa shape index (κ2) is 6.11. The molecule has 3 nitrogen and oxygen atoms in total. The van der Waals surface area contributed by atoms with Crippen LogP contribution in [0.2, 0.25) is 5.02 Å². The van der Waals surface area contributed by atoms with Gasteiger partial charge in [0.15, 0.2) is 0 Å². The standard InChI is InChI=1S/C13H7Br2ClFNO2/c14-6-1-2-8(11(19)3-6)13(20)18-12-9(15)4-7(17)5-10(12)16/h1-5,19H,(H,18,20). The minimum atomic E-state index is -0.552. The molecule has 2 aromatic rings. The van der Waals surface area contributed by atoms with Crippen LogP contribution >= 0.6 is 43.5 Å². The molecule has 20 heavy (non-hydrogen) atoms. The van der Waals surface area contributed by atoms with E-state index in [1.165, 1.54) is 18.2 Å². The topological polar surface area (TPSA) is 49.3 Å². The number of nitrogens with one attached hydrogen (secondary N) is 1. The summed E-state index contributed by atoms with van der Waals surface area (Å²) in [5, 5.41) is 12.3. The fraction of sp³-hybridized carbons (Fsp3) is 0. The molecule has 2 rings (SSSR count). The number of halogens is 4. The van der Waals surface area contributed by atoms with E-state index in [2.05, 4.69) is 37.2 Å². The minimum absolute atomic E-state index is 0.0572. The van der Waals surface area contributed by atoms with Crippen LogP contribution in [-0.4, -0.2) is 11.0 Å². The van der Waals surface area contributed by atoms with E-state index in [1.54, 1.807) is 6.07 Å². The van der Waals surface area contributed by atoms with E-state index in [4.69, 9.17) is 11.6 Å². The van der Waals surface area contributed by atoms with Gasteiger partial charge < -0.3 is 10.4 Å². The first-order chi connectivity index (χ1) is 9.38. The van der Waals surface area contributed by atoms with Crippen LogP contribution in [0.3, 0.4) is 0 Å². The Balaban J connectivity index is 2.33. The van der Waals surface area contributed by atoms with Gasteiger partial charge in [-0.2, -0.15) is 0 Å². The molecule has 7 heteroatoms. The molecular formula is C13H7Br2ClFNO2. The van der Waals surface area contributed by atoms with Gasteiger partial charge >= 0.3 is 0 Å². The van der Waals surface area contributed by atoms with Crippen LogP contribution in [0.25, 0.3) is 0 Å². The SMILES string of the molecule is O=C(Nc1c(Cl)cc(F)cc1Br)c1ccc(Br)cc1O. The second-order valence-corrected chi connectivity index (χ2v) is 6.04. The molecule has 0 saturated heterocycles. The molecule has 0 spiro atoms.